The summed E-state index contributed by atoms with van der Waals surface area (Å²) in [5.74, 6) is 0.668. The molecule has 7 nitrogen and oxygen atoms in total. The minimum Gasteiger partial charge on any atom is -0.492 e. The highest BCUT2D eigenvalue weighted by atomic mass is 35.5. The lowest BCUT2D eigenvalue weighted by Crippen LogP contribution is -2.38. The minimum atomic E-state index is -0.0933. The second-order valence-electron chi connectivity index (χ2n) is 7.70. The van der Waals surface area contributed by atoms with E-state index >= 15 is 0 Å². The van der Waals surface area contributed by atoms with Gasteiger partial charge in [-0.25, -0.2) is 0 Å². The predicted molar refractivity (Wildman–Crippen MR) is 125 cm³/mol. The van der Waals surface area contributed by atoms with Gasteiger partial charge < -0.3 is 14.8 Å². The Balaban J connectivity index is 1.46. The van der Waals surface area contributed by atoms with E-state index < -0.39 is 0 Å². The number of carbonyl (C=O) groups excluding carboxylic acids is 1. The molecule has 1 saturated heterocycles. The molecule has 2 heterocycles. The third-order valence-electron chi connectivity index (χ3n) is 5.41. The number of rotatable bonds is 8. The number of benzene rings is 2. The average Bonchev–Trinajstić information content (AvgIpc) is 3.22. The van der Waals surface area contributed by atoms with Crippen molar-refractivity contribution >= 4 is 23.2 Å². The van der Waals surface area contributed by atoms with Gasteiger partial charge in [0.1, 0.15) is 12.4 Å². The molecule has 1 amide bonds. The Kier molecular flexibility index (Phi) is 7.42. The van der Waals surface area contributed by atoms with Gasteiger partial charge in [0.2, 0.25) is 5.91 Å². The second-order valence-corrected chi connectivity index (χ2v) is 8.14. The van der Waals surface area contributed by atoms with Crippen LogP contribution in [0.1, 0.15) is 5.56 Å². The molecule has 0 aliphatic carbocycles. The maximum absolute atomic E-state index is 12.6. The number of nitrogens with zero attached hydrogens (tertiary/aromatic N) is 3. The zero-order chi connectivity index (χ0) is 22.3. The van der Waals surface area contributed by atoms with E-state index in [0.717, 1.165) is 55.4 Å². The van der Waals surface area contributed by atoms with Crippen molar-refractivity contribution in [2.45, 2.75) is 6.42 Å². The second kappa shape index (κ2) is 10.6. The molecule has 1 aliphatic rings. The molecule has 0 bridgehead atoms. The van der Waals surface area contributed by atoms with Gasteiger partial charge in [-0.1, -0.05) is 23.7 Å². The van der Waals surface area contributed by atoms with Crippen LogP contribution in [0.2, 0.25) is 5.02 Å². The van der Waals surface area contributed by atoms with Crippen molar-refractivity contribution < 1.29 is 14.3 Å². The summed E-state index contributed by atoms with van der Waals surface area (Å²) < 4.78 is 13.3. The van der Waals surface area contributed by atoms with Gasteiger partial charge >= 0.3 is 0 Å². The summed E-state index contributed by atoms with van der Waals surface area (Å²) in [5.41, 5.74) is 3.42. The standard InChI is InChI=1S/C24H27ClN4O3/c1-28-22(8-9-26-28)21-17-20(27-24(30)16-18-2-4-19(25)5-3-18)6-7-23(21)32-15-12-29-10-13-31-14-11-29/h2-9,17H,10-16H2,1H3,(H,27,30). The van der Waals surface area contributed by atoms with E-state index in [9.17, 15) is 4.79 Å². The summed E-state index contributed by atoms with van der Waals surface area (Å²) in [4.78, 5) is 14.9. The highest BCUT2D eigenvalue weighted by molar-refractivity contribution is 6.30. The lowest BCUT2D eigenvalue weighted by molar-refractivity contribution is -0.115. The first-order valence-corrected chi connectivity index (χ1v) is 11.1. The summed E-state index contributed by atoms with van der Waals surface area (Å²) in [6.45, 7) is 4.81. The number of anilines is 1. The molecule has 1 fully saturated rings. The number of aromatic nitrogens is 2. The molecule has 2 aromatic carbocycles. The molecule has 1 aromatic heterocycles. The number of hydrogen-bond donors (Lipinski definition) is 1. The zero-order valence-electron chi connectivity index (χ0n) is 18.1. The molecule has 3 aromatic rings. The Morgan fingerprint density at radius 1 is 1.16 bits per heavy atom. The molecule has 168 valence electrons. The van der Waals surface area contributed by atoms with Crippen LogP contribution >= 0.6 is 11.6 Å². The molecule has 32 heavy (non-hydrogen) atoms. The van der Waals surface area contributed by atoms with E-state index in [4.69, 9.17) is 21.1 Å². The van der Waals surface area contributed by atoms with Crippen LogP contribution in [-0.2, 0) is 23.0 Å². The molecular formula is C24H27ClN4O3. The number of hydrogen-bond acceptors (Lipinski definition) is 5. The van der Waals surface area contributed by atoms with Crippen LogP contribution in [0.3, 0.4) is 0 Å². The number of halogens is 1. The van der Waals surface area contributed by atoms with Crippen molar-refractivity contribution in [3.63, 3.8) is 0 Å². The fourth-order valence-electron chi connectivity index (χ4n) is 3.67. The van der Waals surface area contributed by atoms with Gasteiger partial charge in [-0.05, 0) is 42.0 Å². The molecule has 1 aliphatic heterocycles. The third kappa shape index (κ3) is 5.88. The summed E-state index contributed by atoms with van der Waals surface area (Å²) in [7, 11) is 1.89. The largest absolute Gasteiger partial charge is 0.492 e. The van der Waals surface area contributed by atoms with Gasteiger partial charge in [0.25, 0.3) is 0 Å². The van der Waals surface area contributed by atoms with Crippen LogP contribution in [0.15, 0.2) is 54.7 Å². The van der Waals surface area contributed by atoms with Crippen LogP contribution in [0.5, 0.6) is 5.75 Å². The Bertz CT molecular complexity index is 1050. The van der Waals surface area contributed by atoms with Gasteiger partial charge in [0, 0.05) is 49.2 Å². The van der Waals surface area contributed by atoms with Crippen LogP contribution in [0, 0.1) is 0 Å². The van der Waals surface area contributed by atoms with Crippen molar-refractivity contribution in [3.8, 4) is 17.0 Å². The van der Waals surface area contributed by atoms with E-state index in [2.05, 4.69) is 15.3 Å². The molecule has 4 rings (SSSR count). The van der Waals surface area contributed by atoms with Crippen molar-refractivity contribution in [1.82, 2.24) is 14.7 Å². The van der Waals surface area contributed by atoms with Crippen LogP contribution < -0.4 is 10.1 Å². The molecule has 1 N–H and O–H groups in total. The smallest absolute Gasteiger partial charge is 0.228 e. The number of carbonyl (C=O) groups is 1. The molecule has 0 unspecified atom stereocenters. The number of amides is 1. The summed E-state index contributed by atoms with van der Waals surface area (Å²) in [6.07, 6.45) is 2.02. The van der Waals surface area contributed by atoms with Crippen molar-refractivity contribution in [1.29, 1.82) is 0 Å². The number of morpholine rings is 1. The first-order chi connectivity index (χ1) is 15.6. The highest BCUT2D eigenvalue weighted by Crippen LogP contribution is 2.32. The number of ether oxygens (including phenoxy) is 2. The molecule has 0 saturated carbocycles. The van der Waals surface area contributed by atoms with Gasteiger partial charge in [-0.3, -0.25) is 14.4 Å². The maximum Gasteiger partial charge on any atom is 0.228 e. The van der Waals surface area contributed by atoms with Crippen molar-refractivity contribution in [2.24, 2.45) is 7.05 Å². The minimum absolute atomic E-state index is 0.0933. The fourth-order valence-corrected chi connectivity index (χ4v) is 3.80. The Morgan fingerprint density at radius 3 is 2.66 bits per heavy atom. The highest BCUT2D eigenvalue weighted by Gasteiger charge is 2.14. The summed E-state index contributed by atoms with van der Waals surface area (Å²) in [5, 5.41) is 7.92. The zero-order valence-corrected chi connectivity index (χ0v) is 18.8. The Hall–Kier alpha value is -2.87. The van der Waals surface area contributed by atoms with E-state index in [-0.39, 0.29) is 12.3 Å². The van der Waals surface area contributed by atoms with Crippen LogP contribution in [0.25, 0.3) is 11.3 Å². The monoisotopic (exact) mass is 454 g/mol. The summed E-state index contributed by atoms with van der Waals surface area (Å²) in [6, 6.07) is 14.9. The number of aryl methyl sites for hydroxylation is 1. The molecule has 8 heteroatoms. The normalized spacial score (nSPS) is 14.3. The summed E-state index contributed by atoms with van der Waals surface area (Å²) >= 11 is 5.92. The molecule has 0 radical (unpaired) electrons. The number of nitrogens with one attached hydrogen (secondary N) is 1. The first kappa shape index (κ1) is 22.3. The van der Waals surface area contributed by atoms with Gasteiger partial charge in [0.05, 0.1) is 25.3 Å². The predicted octanol–water partition coefficient (Wildman–Crippen LogP) is 3.63. The van der Waals surface area contributed by atoms with E-state index in [1.165, 1.54) is 0 Å². The topological polar surface area (TPSA) is 68.6 Å². The Labute approximate surface area is 192 Å². The van der Waals surface area contributed by atoms with Crippen LogP contribution in [-0.4, -0.2) is 60.0 Å². The van der Waals surface area contributed by atoms with E-state index in [1.54, 1.807) is 23.0 Å². The van der Waals surface area contributed by atoms with Crippen LogP contribution in [0.4, 0.5) is 5.69 Å². The molecular weight excluding hydrogens is 428 g/mol. The fraction of sp³-hybridized carbons (Fsp3) is 0.333. The average molecular weight is 455 g/mol. The third-order valence-corrected chi connectivity index (χ3v) is 5.66. The van der Waals surface area contributed by atoms with Gasteiger partial charge in [0.15, 0.2) is 0 Å². The van der Waals surface area contributed by atoms with E-state index in [0.29, 0.717) is 17.3 Å². The lowest BCUT2D eigenvalue weighted by Gasteiger charge is -2.26. The van der Waals surface area contributed by atoms with Crippen molar-refractivity contribution in [3.05, 3.63) is 65.3 Å². The lowest BCUT2D eigenvalue weighted by atomic mass is 10.1. The van der Waals surface area contributed by atoms with E-state index in [1.807, 2.05) is 43.4 Å². The SMILES string of the molecule is Cn1nccc1-c1cc(NC(=O)Cc2ccc(Cl)cc2)ccc1OCCN1CCOCC1. The first-order valence-electron chi connectivity index (χ1n) is 10.7. The van der Waals surface area contributed by atoms with Crippen molar-refractivity contribution in [2.75, 3.05) is 44.8 Å². The van der Waals surface area contributed by atoms with Gasteiger partial charge in [-0.2, -0.15) is 5.10 Å². The quantitative estimate of drug-likeness (QED) is 0.563. The van der Waals surface area contributed by atoms with Gasteiger partial charge in [-0.15, -0.1) is 0 Å². The molecule has 0 atom stereocenters. The Morgan fingerprint density at radius 2 is 1.94 bits per heavy atom. The maximum atomic E-state index is 12.6. The molecule has 0 spiro atoms.